The summed E-state index contributed by atoms with van der Waals surface area (Å²) in [5, 5.41) is 4.73. The molecule has 5 heteroatoms. The molecule has 3 nitrogen and oxygen atoms in total. The highest BCUT2D eigenvalue weighted by atomic mass is 127. The Bertz CT molecular complexity index is 909. The molecule has 0 amide bonds. The number of aryl methyl sites for hydroxylation is 1. The Morgan fingerprint density at radius 3 is 2.64 bits per heavy atom. The van der Waals surface area contributed by atoms with Crippen molar-refractivity contribution in [2.24, 2.45) is 11.3 Å². The zero-order valence-electron chi connectivity index (χ0n) is 14.8. The molecule has 1 unspecified atom stereocenters. The zero-order valence-corrected chi connectivity index (χ0v) is 17.7. The van der Waals surface area contributed by atoms with E-state index in [2.05, 4.69) is 82.9 Å². The summed E-state index contributed by atoms with van der Waals surface area (Å²) in [4.78, 5) is 11.7. The molecule has 1 aliphatic rings. The number of aromatic nitrogens is 2. The van der Waals surface area contributed by atoms with E-state index in [0.717, 1.165) is 28.7 Å². The number of nitrogens with one attached hydrogen (secondary N) is 1. The molecule has 0 radical (unpaired) electrons. The number of rotatable bonds is 2. The molecular formula is C20H22IN3S. The van der Waals surface area contributed by atoms with Gasteiger partial charge in [-0.25, -0.2) is 9.97 Å². The van der Waals surface area contributed by atoms with Gasteiger partial charge in [0.1, 0.15) is 17.0 Å². The van der Waals surface area contributed by atoms with Gasteiger partial charge in [-0.05, 0) is 83.0 Å². The zero-order chi connectivity index (χ0) is 17.6. The molecule has 0 spiro atoms. The molecule has 2 heterocycles. The van der Waals surface area contributed by atoms with Crippen molar-refractivity contribution in [2.45, 2.75) is 40.0 Å². The highest BCUT2D eigenvalue weighted by Crippen LogP contribution is 2.44. The molecule has 2 aromatic heterocycles. The van der Waals surface area contributed by atoms with Crippen LogP contribution in [0.2, 0.25) is 0 Å². The van der Waals surface area contributed by atoms with Gasteiger partial charge in [0.2, 0.25) is 0 Å². The van der Waals surface area contributed by atoms with E-state index in [-0.39, 0.29) is 0 Å². The van der Waals surface area contributed by atoms with E-state index in [1.165, 1.54) is 32.2 Å². The topological polar surface area (TPSA) is 37.8 Å². The standard InChI is InChI=1S/C20H22IN3S/c1-20(2,3)12-4-9-15-16(10-12)25-19-17(15)18(22-11-23-19)24-14-7-5-13(21)6-8-14/h5-8,11-12H,4,9-10H2,1-3H3,(H,22,23,24). The minimum atomic E-state index is 0.363. The van der Waals surface area contributed by atoms with E-state index >= 15 is 0 Å². The summed E-state index contributed by atoms with van der Waals surface area (Å²) in [6, 6.07) is 8.42. The molecule has 1 aliphatic carbocycles. The summed E-state index contributed by atoms with van der Waals surface area (Å²) in [6.45, 7) is 7.08. The van der Waals surface area contributed by atoms with Crippen LogP contribution in [0, 0.1) is 14.9 Å². The normalized spacial score (nSPS) is 17.5. The number of anilines is 2. The monoisotopic (exact) mass is 463 g/mol. The second-order valence-corrected chi connectivity index (χ2v) is 10.2. The van der Waals surface area contributed by atoms with Crippen LogP contribution in [0.4, 0.5) is 11.5 Å². The van der Waals surface area contributed by atoms with E-state index in [0.29, 0.717) is 5.41 Å². The lowest BCUT2D eigenvalue weighted by atomic mass is 9.72. The van der Waals surface area contributed by atoms with Crippen LogP contribution in [0.1, 0.15) is 37.6 Å². The fraction of sp³-hybridized carbons (Fsp3) is 0.400. The maximum atomic E-state index is 4.56. The summed E-state index contributed by atoms with van der Waals surface area (Å²) in [6.07, 6.45) is 5.23. The molecule has 0 saturated carbocycles. The Kier molecular flexibility index (Phi) is 4.48. The highest BCUT2D eigenvalue weighted by Gasteiger charge is 2.31. The molecule has 4 rings (SSSR count). The van der Waals surface area contributed by atoms with E-state index in [4.69, 9.17) is 0 Å². The Balaban J connectivity index is 1.73. The minimum Gasteiger partial charge on any atom is -0.340 e. The first-order chi connectivity index (χ1) is 11.9. The third-order valence-electron chi connectivity index (χ3n) is 5.18. The summed E-state index contributed by atoms with van der Waals surface area (Å²) >= 11 is 4.18. The molecule has 0 fully saturated rings. The molecule has 25 heavy (non-hydrogen) atoms. The second-order valence-electron chi connectivity index (χ2n) is 7.84. The summed E-state index contributed by atoms with van der Waals surface area (Å²) < 4.78 is 1.23. The SMILES string of the molecule is CC(C)(C)C1CCc2c(sc3ncnc(Nc4ccc(I)cc4)c23)C1. The van der Waals surface area contributed by atoms with Gasteiger partial charge in [-0.3, -0.25) is 0 Å². The molecular weight excluding hydrogens is 441 g/mol. The van der Waals surface area contributed by atoms with E-state index in [1.54, 1.807) is 6.33 Å². The second kappa shape index (κ2) is 6.50. The number of fused-ring (bicyclic) bond motifs is 3. The van der Waals surface area contributed by atoms with Gasteiger partial charge in [-0.2, -0.15) is 0 Å². The number of benzene rings is 1. The van der Waals surface area contributed by atoms with Gasteiger partial charge in [0, 0.05) is 14.1 Å². The van der Waals surface area contributed by atoms with Crippen molar-refractivity contribution in [1.82, 2.24) is 9.97 Å². The predicted molar refractivity (Wildman–Crippen MR) is 115 cm³/mol. The van der Waals surface area contributed by atoms with Crippen molar-refractivity contribution in [1.29, 1.82) is 0 Å². The Labute approximate surface area is 166 Å². The van der Waals surface area contributed by atoms with Crippen molar-refractivity contribution in [3.63, 3.8) is 0 Å². The molecule has 1 aromatic carbocycles. The number of thiophene rings is 1. The smallest absolute Gasteiger partial charge is 0.142 e. The van der Waals surface area contributed by atoms with Gasteiger partial charge in [0.25, 0.3) is 0 Å². The largest absolute Gasteiger partial charge is 0.340 e. The first-order valence-electron chi connectivity index (χ1n) is 8.69. The maximum absolute atomic E-state index is 4.56. The fourth-order valence-corrected chi connectivity index (χ4v) is 5.24. The van der Waals surface area contributed by atoms with Gasteiger partial charge in [0.15, 0.2) is 0 Å². The predicted octanol–water partition coefficient (Wildman–Crippen LogP) is 6.19. The summed E-state index contributed by atoms with van der Waals surface area (Å²) in [7, 11) is 0. The number of nitrogens with zero attached hydrogens (tertiary/aromatic N) is 2. The van der Waals surface area contributed by atoms with Gasteiger partial charge < -0.3 is 5.32 Å². The Morgan fingerprint density at radius 1 is 1.16 bits per heavy atom. The van der Waals surface area contributed by atoms with E-state index in [9.17, 15) is 0 Å². The fourth-order valence-electron chi connectivity index (χ4n) is 3.61. The maximum Gasteiger partial charge on any atom is 0.142 e. The van der Waals surface area contributed by atoms with Crippen molar-refractivity contribution in [2.75, 3.05) is 5.32 Å². The number of halogens is 1. The summed E-state index contributed by atoms with van der Waals surface area (Å²) in [5.41, 5.74) is 2.90. The van der Waals surface area contributed by atoms with Gasteiger partial charge in [-0.15, -0.1) is 11.3 Å². The van der Waals surface area contributed by atoms with Crippen molar-refractivity contribution in [3.8, 4) is 0 Å². The van der Waals surface area contributed by atoms with Crippen LogP contribution < -0.4 is 5.32 Å². The number of hydrogen-bond donors (Lipinski definition) is 1. The molecule has 130 valence electrons. The van der Waals surface area contributed by atoms with Crippen LogP contribution >= 0.6 is 33.9 Å². The lowest BCUT2D eigenvalue weighted by Crippen LogP contribution is -2.26. The first-order valence-corrected chi connectivity index (χ1v) is 10.6. The Hall–Kier alpha value is -1.21. The lowest BCUT2D eigenvalue weighted by molar-refractivity contribution is 0.218. The molecule has 0 bridgehead atoms. The molecule has 0 aliphatic heterocycles. The summed E-state index contributed by atoms with van der Waals surface area (Å²) in [5.74, 6) is 1.69. The van der Waals surface area contributed by atoms with Gasteiger partial charge in [0.05, 0.1) is 5.39 Å². The van der Waals surface area contributed by atoms with Crippen LogP contribution in [0.15, 0.2) is 30.6 Å². The van der Waals surface area contributed by atoms with Crippen LogP contribution in [0.5, 0.6) is 0 Å². The first kappa shape index (κ1) is 17.2. The lowest BCUT2D eigenvalue weighted by Gasteiger charge is -2.33. The minimum absolute atomic E-state index is 0.363. The van der Waals surface area contributed by atoms with Gasteiger partial charge >= 0.3 is 0 Å². The van der Waals surface area contributed by atoms with Crippen molar-refractivity contribution >= 4 is 55.6 Å². The molecule has 0 saturated heterocycles. The van der Waals surface area contributed by atoms with Crippen molar-refractivity contribution in [3.05, 3.63) is 44.6 Å². The van der Waals surface area contributed by atoms with Crippen LogP contribution in [0.3, 0.4) is 0 Å². The molecule has 1 atom stereocenters. The van der Waals surface area contributed by atoms with Gasteiger partial charge in [-0.1, -0.05) is 20.8 Å². The van der Waals surface area contributed by atoms with E-state index < -0.39 is 0 Å². The Morgan fingerprint density at radius 2 is 1.92 bits per heavy atom. The number of hydrogen-bond acceptors (Lipinski definition) is 4. The van der Waals surface area contributed by atoms with Crippen molar-refractivity contribution < 1.29 is 0 Å². The third-order valence-corrected chi connectivity index (χ3v) is 7.06. The third kappa shape index (κ3) is 3.40. The van der Waals surface area contributed by atoms with Crippen LogP contribution in [-0.4, -0.2) is 9.97 Å². The van der Waals surface area contributed by atoms with E-state index in [1.807, 2.05) is 11.3 Å². The molecule has 1 N–H and O–H groups in total. The average molecular weight is 463 g/mol. The van der Waals surface area contributed by atoms with Crippen LogP contribution in [-0.2, 0) is 12.8 Å². The van der Waals surface area contributed by atoms with Crippen LogP contribution in [0.25, 0.3) is 10.2 Å². The average Bonchev–Trinajstić information content (AvgIpc) is 2.95. The quantitative estimate of drug-likeness (QED) is 0.461. The highest BCUT2D eigenvalue weighted by molar-refractivity contribution is 14.1. The molecule has 3 aromatic rings.